The number of nitrogens with zero attached hydrogens (tertiary/aromatic N) is 1. The summed E-state index contributed by atoms with van der Waals surface area (Å²) in [6.45, 7) is 0.313. The normalized spacial score (nSPS) is 30.6. The zero-order valence-corrected chi connectivity index (χ0v) is 15.8. The Balaban J connectivity index is 1.20. The Hall–Kier alpha value is -2.31. The smallest absolute Gasteiger partial charge is 0.315 e. The molecule has 4 saturated carbocycles. The lowest BCUT2D eigenvalue weighted by molar-refractivity contribution is -0.116. The highest BCUT2D eigenvalue weighted by atomic mass is 16.5. The van der Waals surface area contributed by atoms with E-state index in [9.17, 15) is 9.59 Å². The highest BCUT2D eigenvalue weighted by Gasteiger charge is 2.51. The maximum Gasteiger partial charge on any atom is 0.315 e. The molecule has 1 aromatic rings. The molecule has 0 unspecified atom stereocenters. The Labute approximate surface area is 159 Å². The lowest BCUT2D eigenvalue weighted by atomic mass is 9.53. The summed E-state index contributed by atoms with van der Waals surface area (Å²) in [6, 6.07) is 3.28. The molecule has 4 fully saturated rings. The minimum absolute atomic E-state index is 0.00411. The fourth-order valence-electron chi connectivity index (χ4n) is 5.64. The van der Waals surface area contributed by atoms with E-state index in [0.717, 1.165) is 37.0 Å². The van der Waals surface area contributed by atoms with Crippen LogP contribution in [0, 0.1) is 17.8 Å². The Bertz CT molecular complexity index is 668. The number of rotatable bonds is 6. The summed E-state index contributed by atoms with van der Waals surface area (Å²) in [4.78, 5) is 28.4. The number of urea groups is 1. The molecular weight excluding hydrogens is 344 g/mol. The molecular formula is C20H28N4O3. The number of ether oxygens (including phenoxy) is 1. The van der Waals surface area contributed by atoms with Crippen molar-refractivity contribution >= 4 is 17.6 Å². The zero-order valence-electron chi connectivity index (χ0n) is 15.8. The first-order valence-corrected chi connectivity index (χ1v) is 9.89. The van der Waals surface area contributed by atoms with Gasteiger partial charge in [0, 0.05) is 24.6 Å². The van der Waals surface area contributed by atoms with Crippen molar-refractivity contribution in [1.29, 1.82) is 0 Å². The van der Waals surface area contributed by atoms with Crippen molar-refractivity contribution in [3.05, 3.63) is 18.3 Å². The molecule has 1 heterocycles. The van der Waals surface area contributed by atoms with Crippen LogP contribution in [-0.4, -0.2) is 36.1 Å². The molecule has 4 aliphatic carbocycles. The highest BCUT2D eigenvalue weighted by molar-refractivity contribution is 5.91. The van der Waals surface area contributed by atoms with Crippen LogP contribution in [0.3, 0.4) is 0 Å². The average Bonchev–Trinajstić information content (AvgIpc) is 2.60. The Morgan fingerprint density at radius 1 is 1.15 bits per heavy atom. The van der Waals surface area contributed by atoms with Gasteiger partial charge in [0.25, 0.3) is 0 Å². The molecule has 0 atom stereocenters. The Morgan fingerprint density at radius 2 is 1.81 bits per heavy atom. The van der Waals surface area contributed by atoms with Crippen LogP contribution in [0.15, 0.2) is 18.3 Å². The molecule has 7 nitrogen and oxygen atoms in total. The van der Waals surface area contributed by atoms with Crippen molar-refractivity contribution in [3.63, 3.8) is 0 Å². The molecule has 5 rings (SSSR count). The first-order chi connectivity index (χ1) is 13.0. The van der Waals surface area contributed by atoms with Crippen molar-refractivity contribution in [2.45, 2.75) is 50.5 Å². The topological polar surface area (TPSA) is 92.4 Å². The monoisotopic (exact) mass is 372 g/mol. The Kier molecular flexibility index (Phi) is 4.93. The summed E-state index contributed by atoms with van der Waals surface area (Å²) in [5.41, 5.74) is 0.606. The lowest BCUT2D eigenvalue weighted by Gasteiger charge is -2.56. The van der Waals surface area contributed by atoms with Gasteiger partial charge in [-0.05, 0) is 62.3 Å². The minimum atomic E-state index is -0.155. The fraction of sp³-hybridized carbons (Fsp3) is 0.650. The second-order valence-corrected chi connectivity index (χ2v) is 8.47. The maximum absolute atomic E-state index is 12.4. The second-order valence-electron chi connectivity index (χ2n) is 8.47. The molecule has 4 aliphatic rings. The summed E-state index contributed by atoms with van der Waals surface area (Å²) in [5, 5.41) is 8.87. The first kappa shape index (κ1) is 18.1. The predicted octanol–water partition coefficient (Wildman–Crippen LogP) is 2.69. The summed E-state index contributed by atoms with van der Waals surface area (Å²) in [5.74, 6) is 2.72. The quantitative estimate of drug-likeness (QED) is 0.716. The summed E-state index contributed by atoms with van der Waals surface area (Å²) < 4.78 is 4.99. The first-order valence-electron chi connectivity index (χ1n) is 9.89. The molecule has 0 saturated heterocycles. The van der Waals surface area contributed by atoms with Gasteiger partial charge in [-0.3, -0.25) is 4.79 Å². The SMILES string of the molecule is COc1ccc(NC(=O)CCNC(=O)NC23CC4CC(CC(C4)C2)C3)cn1. The lowest BCUT2D eigenvalue weighted by Crippen LogP contribution is -2.61. The van der Waals surface area contributed by atoms with Crippen LogP contribution in [-0.2, 0) is 4.79 Å². The number of hydrogen-bond acceptors (Lipinski definition) is 4. The van der Waals surface area contributed by atoms with Gasteiger partial charge in [0.05, 0.1) is 19.0 Å². The number of hydrogen-bond donors (Lipinski definition) is 3. The van der Waals surface area contributed by atoms with Crippen LogP contribution in [0.2, 0.25) is 0 Å². The number of amides is 3. The summed E-state index contributed by atoms with van der Waals surface area (Å²) >= 11 is 0. The van der Waals surface area contributed by atoms with E-state index in [1.54, 1.807) is 25.4 Å². The second kappa shape index (κ2) is 7.37. The third kappa shape index (κ3) is 4.17. The minimum Gasteiger partial charge on any atom is -0.481 e. The molecule has 0 aromatic carbocycles. The van der Waals surface area contributed by atoms with Gasteiger partial charge < -0.3 is 20.7 Å². The van der Waals surface area contributed by atoms with Gasteiger partial charge in [-0.1, -0.05) is 0 Å². The van der Waals surface area contributed by atoms with Crippen LogP contribution < -0.4 is 20.7 Å². The van der Waals surface area contributed by atoms with E-state index in [4.69, 9.17) is 4.74 Å². The number of pyridine rings is 1. The zero-order chi connectivity index (χ0) is 18.9. The van der Waals surface area contributed by atoms with Gasteiger partial charge in [0.15, 0.2) is 0 Å². The highest BCUT2D eigenvalue weighted by Crippen LogP contribution is 2.55. The van der Waals surface area contributed by atoms with Crippen molar-refractivity contribution < 1.29 is 14.3 Å². The summed E-state index contributed by atoms with van der Waals surface area (Å²) in [6.07, 6.45) is 9.19. The molecule has 146 valence electrons. The van der Waals surface area contributed by atoms with E-state index in [1.807, 2.05) is 0 Å². The molecule has 1 aromatic heterocycles. The number of carbonyl (C=O) groups excluding carboxylic acids is 2. The van der Waals surface area contributed by atoms with Gasteiger partial charge in [0.2, 0.25) is 11.8 Å². The van der Waals surface area contributed by atoms with E-state index in [-0.39, 0.29) is 23.9 Å². The molecule has 3 N–H and O–H groups in total. The third-order valence-corrected chi connectivity index (χ3v) is 6.28. The number of methoxy groups -OCH3 is 1. The fourth-order valence-corrected chi connectivity index (χ4v) is 5.64. The standard InChI is InChI=1S/C20H28N4O3/c1-27-18-3-2-16(12-22-18)23-17(25)4-5-21-19(26)24-20-9-13-6-14(10-20)8-15(7-13)11-20/h2-3,12-15H,4-11H2,1H3,(H,23,25)(H2,21,24,26). The van der Waals surface area contributed by atoms with E-state index in [0.29, 0.717) is 18.1 Å². The predicted molar refractivity (Wildman–Crippen MR) is 101 cm³/mol. The van der Waals surface area contributed by atoms with Crippen LogP contribution in [0.5, 0.6) is 5.88 Å². The van der Waals surface area contributed by atoms with E-state index in [1.165, 1.54) is 19.3 Å². The molecule has 0 aliphatic heterocycles. The van der Waals surface area contributed by atoms with Crippen LogP contribution in [0.4, 0.5) is 10.5 Å². The van der Waals surface area contributed by atoms with Crippen molar-refractivity contribution in [1.82, 2.24) is 15.6 Å². The van der Waals surface area contributed by atoms with Gasteiger partial charge >= 0.3 is 6.03 Å². The third-order valence-electron chi connectivity index (χ3n) is 6.28. The molecule has 0 radical (unpaired) electrons. The molecule has 3 amide bonds. The van der Waals surface area contributed by atoms with Crippen molar-refractivity contribution in [3.8, 4) is 5.88 Å². The van der Waals surface area contributed by atoms with Gasteiger partial charge in [-0.15, -0.1) is 0 Å². The number of nitrogens with one attached hydrogen (secondary N) is 3. The number of carbonyl (C=O) groups is 2. The van der Waals surface area contributed by atoms with Gasteiger partial charge in [-0.2, -0.15) is 0 Å². The maximum atomic E-state index is 12.4. The summed E-state index contributed by atoms with van der Waals surface area (Å²) in [7, 11) is 1.54. The van der Waals surface area contributed by atoms with Gasteiger partial charge in [-0.25, -0.2) is 9.78 Å². The molecule has 27 heavy (non-hydrogen) atoms. The van der Waals surface area contributed by atoms with Gasteiger partial charge in [0.1, 0.15) is 0 Å². The largest absolute Gasteiger partial charge is 0.481 e. The average molecular weight is 372 g/mol. The Morgan fingerprint density at radius 3 is 2.37 bits per heavy atom. The molecule has 4 bridgehead atoms. The van der Waals surface area contributed by atoms with Crippen molar-refractivity contribution in [2.75, 3.05) is 19.0 Å². The number of aromatic nitrogens is 1. The molecule has 0 spiro atoms. The van der Waals surface area contributed by atoms with E-state index < -0.39 is 0 Å². The van der Waals surface area contributed by atoms with Crippen LogP contribution in [0.1, 0.15) is 44.9 Å². The van der Waals surface area contributed by atoms with Crippen molar-refractivity contribution in [2.24, 2.45) is 17.8 Å². The number of anilines is 1. The van der Waals surface area contributed by atoms with Crippen LogP contribution >= 0.6 is 0 Å². The van der Waals surface area contributed by atoms with E-state index in [2.05, 4.69) is 20.9 Å². The van der Waals surface area contributed by atoms with Crippen LogP contribution in [0.25, 0.3) is 0 Å². The molecule has 7 heteroatoms. The van der Waals surface area contributed by atoms with E-state index >= 15 is 0 Å².